The Balaban J connectivity index is 1.66. The van der Waals surface area contributed by atoms with E-state index in [4.69, 9.17) is 28.3 Å². The van der Waals surface area contributed by atoms with Crippen molar-refractivity contribution < 1.29 is 0 Å². The highest BCUT2D eigenvalue weighted by molar-refractivity contribution is 7.99. The maximum atomic E-state index is 5.96. The average Bonchev–Trinajstić information content (AvgIpc) is 3.00. The van der Waals surface area contributed by atoms with Gasteiger partial charge < -0.3 is 0 Å². The SMILES string of the molecule is Clc1ccc(C2=Nn3c(Cc4ccc(Cl)nc4)nnc3SC2)cc1. The molecule has 1 aliphatic rings. The number of thioether (sulfide) groups is 1. The number of fused-ring (bicyclic) bond motifs is 1. The molecule has 3 aromatic rings. The fraction of sp³-hybridized carbons (Fsp3) is 0.125. The van der Waals surface area contributed by atoms with Crippen molar-refractivity contribution in [2.45, 2.75) is 11.6 Å². The topological polar surface area (TPSA) is 56.0 Å². The third-order valence-corrected chi connectivity index (χ3v) is 4.97. The van der Waals surface area contributed by atoms with Crippen LogP contribution in [0.25, 0.3) is 0 Å². The van der Waals surface area contributed by atoms with E-state index >= 15 is 0 Å². The number of benzene rings is 1. The van der Waals surface area contributed by atoms with Crippen LogP contribution in [0.15, 0.2) is 52.9 Å². The Morgan fingerprint density at radius 1 is 1.04 bits per heavy atom. The van der Waals surface area contributed by atoms with Gasteiger partial charge in [-0.15, -0.1) is 10.2 Å². The molecule has 0 atom stereocenters. The van der Waals surface area contributed by atoms with Gasteiger partial charge in [-0.1, -0.05) is 53.2 Å². The second-order valence-electron chi connectivity index (χ2n) is 5.22. The minimum absolute atomic E-state index is 0.473. The van der Waals surface area contributed by atoms with E-state index in [1.807, 2.05) is 30.3 Å². The second-order valence-corrected chi connectivity index (χ2v) is 6.98. The molecule has 2 aromatic heterocycles. The van der Waals surface area contributed by atoms with E-state index in [9.17, 15) is 0 Å². The van der Waals surface area contributed by atoms with Gasteiger partial charge in [0.05, 0.1) is 5.71 Å². The highest BCUT2D eigenvalue weighted by atomic mass is 35.5. The van der Waals surface area contributed by atoms with Crippen molar-refractivity contribution in [1.82, 2.24) is 19.9 Å². The Labute approximate surface area is 152 Å². The van der Waals surface area contributed by atoms with Crippen LogP contribution in [-0.2, 0) is 6.42 Å². The lowest BCUT2D eigenvalue weighted by atomic mass is 10.1. The molecule has 0 bridgehead atoms. The molecule has 1 aromatic carbocycles. The van der Waals surface area contributed by atoms with Crippen LogP contribution in [0, 0.1) is 0 Å². The summed E-state index contributed by atoms with van der Waals surface area (Å²) < 4.78 is 1.80. The summed E-state index contributed by atoms with van der Waals surface area (Å²) in [5, 5.41) is 15.2. The molecule has 120 valence electrons. The maximum Gasteiger partial charge on any atom is 0.212 e. The van der Waals surface area contributed by atoms with Gasteiger partial charge >= 0.3 is 0 Å². The van der Waals surface area contributed by atoms with Crippen LogP contribution in [0.4, 0.5) is 0 Å². The van der Waals surface area contributed by atoms with Crippen LogP contribution in [-0.4, -0.2) is 31.3 Å². The molecule has 0 saturated heterocycles. The highest BCUT2D eigenvalue weighted by Crippen LogP contribution is 2.25. The number of aromatic nitrogens is 4. The summed E-state index contributed by atoms with van der Waals surface area (Å²) in [6, 6.07) is 11.4. The van der Waals surface area contributed by atoms with Crippen molar-refractivity contribution in [1.29, 1.82) is 0 Å². The van der Waals surface area contributed by atoms with Gasteiger partial charge in [0.1, 0.15) is 5.15 Å². The van der Waals surface area contributed by atoms with Gasteiger partial charge in [0.25, 0.3) is 0 Å². The molecule has 8 heteroatoms. The molecule has 0 amide bonds. The zero-order valence-corrected chi connectivity index (χ0v) is 14.7. The lowest BCUT2D eigenvalue weighted by molar-refractivity contribution is 0.719. The number of rotatable bonds is 3. The molecule has 0 unspecified atom stereocenters. The molecule has 3 heterocycles. The molecular weight excluding hydrogens is 365 g/mol. The van der Waals surface area contributed by atoms with Crippen LogP contribution in [0.3, 0.4) is 0 Å². The summed E-state index contributed by atoms with van der Waals surface area (Å²) in [4.78, 5) is 4.10. The number of hydrogen-bond donors (Lipinski definition) is 0. The molecule has 24 heavy (non-hydrogen) atoms. The van der Waals surface area contributed by atoms with Gasteiger partial charge in [0.2, 0.25) is 5.16 Å². The zero-order chi connectivity index (χ0) is 16.5. The van der Waals surface area contributed by atoms with Crippen molar-refractivity contribution in [2.75, 3.05) is 5.75 Å². The monoisotopic (exact) mass is 375 g/mol. The van der Waals surface area contributed by atoms with Gasteiger partial charge in [-0.25, -0.2) is 4.98 Å². The first kappa shape index (κ1) is 15.6. The van der Waals surface area contributed by atoms with Crippen LogP contribution in [0.5, 0.6) is 0 Å². The zero-order valence-electron chi connectivity index (χ0n) is 12.4. The number of hydrogen-bond acceptors (Lipinski definition) is 5. The van der Waals surface area contributed by atoms with Crippen molar-refractivity contribution in [3.63, 3.8) is 0 Å². The minimum Gasteiger partial charge on any atom is -0.244 e. The molecule has 0 radical (unpaired) electrons. The standard InChI is InChI=1S/C16H11Cl2N5S/c17-12-4-2-11(3-5-12)13-9-24-16-21-20-15(23(16)22-13)7-10-1-6-14(18)19-8-10/h1-6,8H,7,9H2. The van der Waals surface area contributed by atoms with E-state index in [2.05, 4.69) is 15.2 Å². The summed E-state index contributed by atoms with van der Waals surface area (Å²) in [6.45, 7) is 0. The van der Waals surface area contributed by atoms with Crippen LogP contribution < -0.4 is 0 Å². The van der Waals surface area contributed by atoms with E-state index in [0.717, 1.165) is 33.6 Å². The predicted octanol–water partition coefficient (Wildman–Crippen LogP) is 3.93. The molecule has 0 saturated carbocycles. The first-order chi connectivity index (χ1) is 11.7. The third-order valence-electron chi connectivity index (χ3n) is 3.56. The largest absolute Gasteiger partial charge is 0.244 e. The van der Waals surface area contributed by atoms with E-state index in [1.165, 1.54) is 0 Å². The molecule has 0 N–H and O–H groups in total. The van der Waals surface area contributed by atoms with Gasteiger partial charge in [-0.2, -0.15) is 9.78 Å². The second kappa shape index (κ2) is 6.55. The maximum absolute atomic E-state index is 5.96. The Hall–Kier alpha value is -1.89. The van der Waals surface area contributed by atoms with Crippen LogP contribution >= 0.6 is 35.0 Å². The molecule has 4 rings (SSSR count). The summed E-state index contributed by atoms with van der Waals surface area (Å²) >= 11 is 13.4. The normalized spacial score (nSPS) is 13.5. The van der Waals surface area contributed by atoms with Crippen LogP contribution in [0.2, 0.25) is 10.2 Å². The fourth-order valence-electron chi connectivity index (χ4n) is 2.36. The highest BCUT2D eigenvalue weighted by Gasteiger charge is 2.20. The van der Waals surface area contributed by atoms with Crippen molar-refractivity contribution >= 4 is 40.7 Å². The lowest BCUT2D eigenvalue weighted by Gasteiger charge is -2.14. The molecule has 5 nitrogen and oxygen atoms in total. The average molecular weight is 376 g/mol. The van der Waals surface area contributed by atoms with Crippen LogP contribution in [0.1, 0.15) is 17.0 Å². The van der Waals surface area contributed by atoms with Crippen molar-refractivity contribution in [2.24, 2.45) is 5.10 Å². The summed E-state index contributed by atoms with van der Waals surface area (Å²) in [5.74, 6) is 1.52. The van der Waals surface area contributed by atoms with Crippen molar-refractivity contribution in [3.05, 3.63) is 69.7 Å². The number of nitrogens with zero attached hydrogens (tertiary/aromatic N) is 5. The minimum atomic E-state index is 0.473. The third kappa shape index (κ3) is 3.17. The predicted molar refractivity (Wildman–Crippen MR) is 96.2 cm³/mol. The number of pyridine rings is 1. The molecule has 0 spiro atoms. The number of halogens is 2. The Morgan fingerprint density at radius 2 is 1.88 bits per heavy atom. The summed E-state index contributed by atoms with van der Waals surface area (Å²) in [6.07, 6.45) is 2.33. The quantitative estimate of drug-likeness (QED) is 0.650. The van der Waals surface area contributed by atoms with E-state index < -0.39 is 0 Å². The molecule has 1 aliphatic heterocycles. The molecule has 0 aliphatic carbocycles. The van der Waals surface area contributed by atoms with Crippen molar-refractivity contribution in [3.8, 4) is 0 Å². The Morgan fingerprint density at radius 3 is 2.62 bits per heavy atom. The van der Waals surface area contributed by atoms with Gasteiger partial charge in [0.15, 0.2) is 5.82 Å². The smallest absolute Gasteiger partial charge is 0.212 e. The molecule has 0 fully saturated rings. The molecular formula is C16H11Cl2N5S. The van der Waals surface area contributed by atoms with Gasteiger partial charge in [-0.3, -0.25) is 0 Å². The van der Waals surface area contributed by atoms with E-state index in [1.54, 1.807) is 28.7 Å². The van der Waals surface area contributed by atoms with E-state index in [0.29, 0.717) is 16.6 Å². The Bertz CT molecular complexity index is 903. The van der Waals surface area contributed by atoms with Gasteiger partial charge in [-0.05, 0) is 29.3 Å². The van der Waals surface area contributed by atoms with E-state index in [-0.39, 0.29) is 0 Å². The summed E-state index contributed by atoms with van der Waals surface area (Å²) in [5.41, 5.74) is 3.03. The first-order valence-electron chi connectivity index (χ1n) is 7.20. The van der Waals surface area contributed by atoms with Gasteiger partial charge in [0, 0.05) is 23.4 Å². The lowest BCUT2D eigenvalue weighted by Crippen LogP contribution is -2.14. The first-order valence-corrected chi connectivity index (χ1v) is 8.94. The Kier molecular flexibility index (Phi) is 4.26. The summed E-state index contributed by atoms with van der Waals surface area (Å²) in [7, 11) is 0. The fourth-order valence-corrected chi connectivity index (χ4v) is 3.45.